The summed E-state index contributed by atoms with van der Waals surface area (Å²) in [7, 11) is 1.63. The van der Waals surface area contributed by atoms with Gasteiger partial charge in [0.05, 0.1) is 19.0 Å². The van der Waals surface area contributed by atoms with Crippen molar-refractivity contribution in [3.63, 3.8) is 0 Å². The number of nitrogens with zero attached hydrogens (tertiary/aromatic N) is 8. The Hall–Kier alpha value is -4.02. The molecule has 4 heterocycles. The van der Waals surface area contributed by atoms with E-state index in [1.807, 2.05) is 29.2 Å². The number of carbonyl (C=O) groups excluding carboxylic acids is 1. The normalized spacial score (nSPS) is 16.0. The average molecular weight is 419 g/mol. The van der Waals surface area contributed by atoms with Gasteiger partial charge in [0.1, 0.15) is 12.3 Å². The van der Waals surface area contributed by atoms with Crippen molar-refractivity contribution in [1.82, 2.24) is 39.6 Å². The molecule has 1 amide bonds. The number of hydrogen-bond acceptors (Lipinski definition) is 8. The van der Waals surface area contributed by atoms with E-state index in [1.165, 1.54) is 0 Å². The monoisotopic (exact) mass is 419 g/mol. The van der Waals surface area contributed by atoms with Gasteiger partial charge in [0, 0.05) is 31.5 Å². The smallest absolute Gasteiger partial charge is 0.244 e. The van der Waals surface area contributed by atoms with Crippen molar-refractivity contribution in [2.75, 3.05) is 25.5 Å². The molecule has 0 aliphatic carbocycles. The molecule has 1 atom stereocenters. The Morgan fingerprint density at radius 2 is 2.16 bits per heavy atom. The summed E-state index contributed by atoms with van der Waals surface area (Å²) < 4.78 is 8.50. The topological polar surface area (TPSA) is 116 Å². The maximum Gasteiger partial charge on any atom is 0.244 e. The minimum absolute atomic E-state index is 0.0474. The highest BCUT2D eigenvalue weighted by Crippen LogP contribution is 2.19. The Morgan fingerprint density at radius 1 is 1.29 bits per heavy atom. The van der Waals surface area contributed by atoms with E-state index in [2.05, 4.69) is 30.7 Å². The first-order chi connectivity index (χ1) is 15.2. The Labute approximate surface area is 177 Å². The minimum Gasteiger partial charge on any atom is -0.497 e. The molecule has 0 spiro atoms. The zero-order chi connectivity index (χ0) is 21.2. The van der Waals surface area contributed by atoms with Crippen molar-refractivity contribution in [2.24, 2.45) is 0 Å². The number of likely N-dealkylation sites (tertiary alicyclic amines) is 1. The van der Waals surface area contributed by atoms with Gasteiger partial charge in [-0.2, -0.15) is 14.8 Å². The van der Waals surface area contributed by atoms with Crippen molar-refractivity contribution >= 4 is 23.0 Å². The van der Waals surface area contributed by atoms with Crippen LogP contribution in [0.15, 0.2) is 48.9 Å². The zero-order valence-electron chi connectivity index (χ0n) is 16.9. The standard InChI is InChI=1S/C20H21N9O2/c1-31-16-5-3-15(4-6-16)29-19-17(25-26-29)11-21-20(24-19)23-14-7-10-27(12-14)18(30)13-28-9-2-8-22-28/h2-6,8-9,11,14H,7,10,12-13H2,1H3,(H,21,23,24). The fourth-order valence-corrected chi connectivity index (χ4v) is 3.61. The number of methoxy groups -OCH3 is 1. The van der Waals surface area contributed by atoms with Gasteiger partial charge in [0.2, 0.25) is 11.9 Å². The van der Waals surface area contributed by atoms with Crippen molar-refractivity contribution in [1.29, 1.82) is 0 Å². The molecule has 0 saturated carbocycles. The van der Waals surface area contributed by atoms with Crippen molar-refractivity contribution in [2.45, 2.75) is 19.0 Å². The molecule has 1 aliphatic heterocycles. The predicted octanol–water partition coefficient (Wildman–Crippen LogP) is 1.13. The molecule has 0 bridgehead atoms. The highest BCUT2D eigenvalue weighted by molar-refractivity contribution is 5.76. The number of carbonyl (C=O) groups is 1. The first-order valence-corrected chi connectivity index (χ1v) is 9.94. The summed E-state index contributed by atoms with van der Waals surface area (Å²) in [5.74, 6) is 1.29. The van der Waals surface area contributed by atoms with Gasteiger partial charge in [0.15, 0.2) is 11.2 Å². The number of nitrogens with one attached hydrogen (secondary N) is 1. The van der Waals surface area contributed by atoms with Crippen LogP contribution in [0, 0.1) is 0 Å². The lowest BCUT2D eigenvalue weighted by Crippen LogP contribution is -2.34. The summed E-state index contributed by atoms with van der Waals surface area (Å²) in [6.45, 7) is 1.53. The molecule has 1 N–H and O–H groups in total. The van der Waals surface area contributed by atoms with Crippen LogP contribution < -0.4 is 10.1 Å². The molecule has 1 fully saturated rings. The maximum absolute atomic E-state index is 12.5. The quantitative estimate of drug-likeness (QED) is 0.494. The molecule has 11 heteroatoms. The Morgan fingerprint density at radius 3 is 2.94 bits per heavy atom. The number of amides is 1. The summed E-state index contributed by atoms with van der Waals surface area (Å²) in [4.78, 5) is 23.3. The molecular formula is C20H21N9O2. The van der Waals surface area contributed by atoms with Gasteiger partial charge in [-0.25, -0.2) is 4.98 Å². The second-order valence-corrected chi connectivity index (χ2v) is 7.28. The molecule has 11 nitrogen and oxygen atoms in total. The van der Waals surface area contributed by atoms with E-state index in [0.29, 0.717) is 30.2 Å². The first kappa shape index (κ1) is 19.0. The lowest BCUT2D eigenvalue weighted by molar-refractivity contribution is -0.130. The van der Waals surface area contributed by atoms with E-state index in [0.717, 1.165) is 17.9 Å². The van der Waals surface area contributed by atoms with E-state index in [9.17, 15) is 4.79 Å². The predicted molar refractivity (Wildman–Crippen MR) is 112 cm³/mol. The zero-order valence-corrected chi connectivity index (χ0v) is 16.9. The van der Waals surface area contributed by atoms with Crippen LogP contribution in [0.1, 0.15) is 6.42 Å². The van der Waals surface area contributed by atoms with Crippen LogP contribution in [-0.4, -0.2) is 71.8 Å². The lowest BCUT2D eigenvalue weighted by atomic mass is 10.3. The molecule has 1 aromatic carbocycles. The van der Waals surface area contributed by atoms with Gasteiger partial charge in [-0.15, -0.1) is 5.10 Å². The highest BCUT2D eigenvalue weighted by Gasteiger charge is 2.27. The molecule has 4 aromatic rings. The van der Waals surface area contributed by atoms with Crippen LogP contribution in [-0.2, 0) is 11.3 Å². The maximum atomic E-state index is 12.5. The third kappa shape index (κ3) is 3.89. The van der Waals surface area contributed by atoms with Crippen LogP contribution in [0.5, 0.6) is 5.75 Å². The molecular weight excluding hydrogens is 398 g/mol. The van der Waals surface area contributed by atoms with Crippen LogP contribution in [0.4, 0.5) is 5.95 Å². The lowest BCUT2D eigenvalue weighted by Gasteiger charge is -2.17. The molecule has 0 radical (unpaired) electrons. The van der Waals surface area contributed by atoms with Crippen molar-refractivity contribution in [3.8, 4) is 11.4 Å². The number of fused-ring (bicyclic) bond motifs is 1. The molecule has 31 heavy (non-hydrogen) atoms. The van der Waals surface area contributed by atoms with E-state index in [-0.39, 0.29) is 18.5 Å². The second-order valence-electron chi connectivity index (χ2n) is 7.28. The summed E-state index contributed by atoms with van der Waals surface area (Å²) in [6.07, 6.45) is 5.92. The molecule has 1 unspecified atom stereocenters. The minimum atomic E-state index is 0.0474. The van der Waals surface area contributed by atoms with E-state index in [4.69, 9.17) is 4.74 Å². The van der Waals surface area contributed by atoms with Crippen LogP contribution in [0.2, 0.25) is 0 Å². The fraction of sp³-hybridized carbons (Fsp3) is 0.300. The Balaban J connectivity index is 1.29. The number of anilines is 1. The largest absolute Gasteiger partial charge is 0.497 e. The number of ether oxygens (including phenoxy) is 1. The van der Waals surface area contributed by atoms with Gasteiger partial charge < -0.3 is 15.0 Å². The number of aromatic nitrogens is 7. The Bertz CT molecular complexity index is 1190. The van der Waals surface area contributed by atoms with E-state index < -0.39 is 0 Å². The summed E-state index contributed by atoms with van der Waals surface area (Å²) in [6, 6.07) is 9.38. The summed E-state index contributed by atoms with van der Waals surface area (Å²) in [5.41, 5.74) is 2.03. The van der Waals surface area contributed by atoms with Gasteiger partial charge in [-0.1, -0.05) is 5.21 Å². The molecule has 3 aromatic heterocycles. The highest BCUT2D eigenvalue weighted by atomic mass is 16.5. The van der Waals surface area contributed by atoms with Crippen LogP contribution in [0.25, 0.3) is 16.9 Å². The Kier molecular flexibility index (Phi) is 4.90. The van der Waals surface area contributed by atoms with Crippen LogP contribution >= 0.6 is 0 Å². The molecule has 158 valence electrons. The summed E-state index contributed by atoms with van der Waals surface area (Å²) in [5, 5.41) is 15.8. The third-order valence-electron chi connectivity index (χ3n) is 5.24. The second kappa shape index (κ2) is 8.01. The van der Waals surface area contributed by atoms with Gasteiger partial charge in [0.25, 0.3) is 0 Å². The molecule has 1 saturated heterocycles. The van der Waals surface area contributed by atoms with E-state index >= 15 is 0 Å². The first-order valence-electron chi connectivity index (χ1n) is 9.94. The third-order valence-corrected chi connectivity index (χ3v) is 5.24. The summed E-state index contributed by atoms with van der Waals surface area (Å²) >= 11 is 0. The number of benzene rings is 1. The molecule has 1 aliphatic rings. The van der Waals surface area contributed by atoms with E-state index in [1.54, 1.807) is 41.1 Å². The average Bonchev–Trinajstić information content (AvgIpc) is 3.55. The SMILES string of the molecule is COc1ccc(-n2nnc3cnc(NC4CCN(C(=O)Cn5cccn5)C4)nc32)cc1. The van der Waals surface area contributed by atoms with Gasteiger partial charge >= 0.3 is 0 Å². The van der Waals surface area contributed by atoms with Gasteiger partial charge in [-0.05, 0) is 36.8 Å². The number of rotatable bonds is 6. The van der Waals surface area contributed by atoms with Crippen molar-refractivity contribution < 1.29 is 9.53 Å². The number of hydrogen-bond donors (Lipinski definition) is 1. The van der Waals surface area contributed by atoms with Crippen LogP contribution in [0.3, 0.4) is 0 Å². The van der Waals surface area contributed by atoms with Crippen molar-refractivity contribution in [3.05, 3.63) is 48.9 Å². The fourth-order valence-electron chi connectivity index (χ4n) is 3.61. The molecule has 5 rings (SSSR count). The van der Waals surface area contributed by atoms with Gasteiger partial charge in [-0.3, -0.25) is 9.48 Å².